The molecule has 0 spiro atoms. The Labute approximate surface area is 113 Å². The van der Waals surface area contributed by atoms with Gasteiger partial charge in [-0.15, -0.1) is 0 Å². The topological polar surface area (TPSA) is 32.6 Å². The Morgan fingerprint density at radius 2 is 2.26 bits per heavy atom. The maximum absolute atomic E-state index is 4.69. The number of rotatable bonds is 3. The lowest BCUT2D eigenvalue weighted by molar-refractivity contribution is 0.180. The number of piperazine rings is 1. The molecular weight excluding hydrogens is 236 g/mol. The van der Waals surface area contributed by atoms with Gasteiger partial charge < -0.3 is 9.72 Å². The largest absolute Gasteiger partial charge is 0.311 e. The summed E-state index contributed by atoms with van der Waals surface area (Å²) in [7, 11) is 0. The molecule has 4 heteroatoms. The first kappa shape index (κ1) is 11.4. The van der Waals surface area contributed by atoms with Crippen LogP contribution in [0.2, 0.25) is 0 Å². The van der Waals surface area contributed by atoms with Crippen LogP contribution in [0.3, 0.4) is 0 Å². The molecule has 3 heterocycles. The van der Waals surface area contributed by atoms with Crippen LogP contribution in [-0.2, 0) is 6.54 Å². The highest BCUT2D eigenvalue weighted by atomic mass is 15.2. The number of nitrogens with zero attached hydrogens (tertiary/aromatic N) is 3. The van der Waals surface area contributed by atoms with Crippen LogP contribution in [0.4, 0.5) is 0 Å². The van der Waals surface area contributed by atoms with Crippen molar-refractivity contribution in [2.75, 3.05) is 19.6 Å². The van der Waals surface area contributed by atoms with E-state index >= 15 is 0 Å². The van der Waals surface area contributed by atoms with Gasteiger partial charge in [-0.05, 0) is 30.9 Å². The van der Waals surface area contributed by atoms with Gasteiger partial charge in [0.2, 0.25) is 0 Å². The number of nitrogens with one attached hydrogen (secondary N) is 1. The van der Waals surface area contributed by atoms with Crippen molar-refractivity contribution in [3.8, 4) is 0 Å². The molecule has 1 saturated heterocycles. The van der Waals surface area contributed by atoms with E-state index in [0.717, 1.165) is 31.2 Å². The minimum Gasteiger partial charge on any atom is -0.311 e. The molecule has 2 aliphatic rings. The van der Waals surface area contributed by atoms with Gasteiger partial charge in [0.25, 0.3) is 0 Å². The lowest BCUT2D eigenvalue weighted by Gasteiger charge is -2.33. The van der Waals surface area contributed by atoms with Gasteiger partial charge in [0, 0.05) is 44.6 Å². The molecule has 1 aliphatic heterocycles. The van der Waals surface area contributed by atoms with E-state index in [4.69, 9.17) is 4.98 Å². The van der Waals surface area contributed by atoms with Crippen molar-refractivity contribution in [1.29, 1.82) is 0 Å². The number of hydrogen-bond donors (Lipinski definition) is 1. The Bertz CT molecular complexity index is 539. The van der Waals surface area contributed by atoms with Crippen molar-refractivity contribution in [3.05, 3.63) is 36.3 Å². The van der Waals surface area contributed by atoms with E-state index in [1.165, 1.54) is 25.1 Å². The van der Waals surface area contributed by atoms with Crippen LogP contribution in [0.25, 0.3) is 5.65 Å². The van der Waals surface area contributed by atoms with Crippen molar-refractivity contribution in [1.82, 2.24) is 19.6 Å². The summed E-state index contributed by atoms with van der Waals surface area (Å²) in [4.78, 5) is 7.24. The summed E-state index contributed by atoms with van der Waals surface area (Å²) >= 11 is 0. The summed E-state index contributed by atoms with van der Waals surface area (Å²) in [5.41, 5.74) is 2.23. The standard InChI is InChI=1S/C15H20N4/c1-2-7-19-10-13(17-15(19)3-1)9-18-8-6-16-14(11-18)12-4-5-12/h1-3,7,10,12,14,16H,4-6,8-9,11H2. The fourth-order valence-electron chi connectivity index (χ4n) is 3.09. The lowest BCUT2D eigenvalue weighted by atomic mass is 10.1. The van der Waals surface area contributed by atoms with Crippen LogP contribution in [0.1, 0.15) is 18.5 Å². The second-order valence-corrected chi connectivity index (χ2v) is 5.83. The normalized spacial score (nSPS) is 24.9. The molecule has 100 valence electrons. The van der Waals surface area contributed by atoms with Gasteiger partial charge in [0.15, 0.2) is 0 Å². The SMILES string of the molecule is c1ccn2cc(CN3CCNC(C4CC4)C3)nc2c1. The Balaban J connectivity index is 1.47. The summed E-state index contributed by atoms with van der Waals surface area (Å²) in [6, 6.07) is 6.87. The first-order valence-corrected chi connectivity index (χ1v) is 7.27. The van der Waals surface area contributed by atoms with Crippen LogP contribution < -0.4 is 5.32 Å². The van der Waals surface area contributed by atoms with E-state index in [2.05, 4.69) is 33.1 Å². The van der Waals surface area contributed by atoms with E-state index in [1.807, 2.05) is 12.1 Å². The van der Waals surface area contributed by atoms with Crippen LogP contribution in [0, 0.1) is 5.92 Å². The number of fused-ring (bicyclic) bond motifs is 1. The first-order valence-electron chi connectivity index (χ1n) is 7.27. The van der Waals surface area contributed by atoms with Crippen LogP contribution in [0.15, 0.2) is 30.6 Å². The fraction of sp³-hybridized carbons (Fsp3) is 0.533. The molecule has 1 saturated carbocycles. The van der Waals surface area contributed by atoms with E-state index in [0.29, 0.717) is 6.04 Å². The van der Waals surface area contributed by atoms with Gasteiger partial charge in [-0.2, -0.15) is 0 Å². The molecule has 0 aromatic carbocycles. The van der Waals surface area contributed by atoms with Gasteiger partial charge >= 0.3 is 0 Å². The Morgan fingerprint density at radius 3 is 3.11 bits per heavy atom. The van der Waals surface area contributed by atoms with Gasteiger partial charge in [0.05, 0.1) is 5.69 Å². The van der Waals surface area contributed by atoms with Crippen molar-refractivity contribution < 1.29 is 0 Å². The molecule has 2 aromatic rings. The van der Waals surface area contributed by atoms with Gasteiger partial charge in [0.1, 0.15) is 5.65 Å². The zero-order valence-electron chi connectivity index (χ0n) is 11.1. The highest BCUT2D eigenvalue weighted by Gasteiger charge is 2.33. The smallest absolute Gasteiger partial charge is 0.137 e. The number of imidazole rings is 1. The fourth-order valence-corrected chi connectivity index (χ4v) is 3.09. The summed E-state index contributed by atoms with van der Waals surface area (Å²) in [5, 5.41) is 3.66. The lowest BCUT2D eigenvalue weighted by Crippen LogP contribution is -2.51. The van der Waals surface area contributed by atoms with E-state index < -0.39 is 0 Å². The molecule has 0 radical (unpaired) electrons. The third-order valence-corrected chi connectivity index (χ3v) is 4.28. The molecular formula is C15H20N4. The molecule has 1 N–H and O–H groups in total. The highest BCUT2D eigenvalue weighted by molar-refractivity contribution is 5.39. The van der Waals surface area contributed by atoms with E-state index in [9.17, 15) is 0 Å². The molecule has 2 fully saturated rings. The average molecular weight is 256 g/mol. The zero-order chi connectivity index (χ0) is 12.7. The van der Waals surface area contributed by atoms with Crippen LogP contribution in [-0.4, -0.2) is 40.0 Å². The molecule has 1 unspecified atom stereocenters. The summed E-state index contributed by atoms with van der Waals surface area (Å²) in [6.07, 6.45) is 7.06. The summed E-state index contributed by atoms with van der Waals surface area (Å²) in [5.74, 6) is 0.934. The maximum Gasteiger partial charge on any atom is 0.137 e. The second-order valence-electron chi connectivity index (χ2n) is 5.83. The summed E-state index contributed by atoms with van der Waals surface area (Å²) in [6.45, 7) is 4.41. The van der Waals surface area contributed by atoms with Crippen LogP contribution >= 0.6 is 0 Å². The van der Waals surface area contributed by atoms with Gasteiger partial charge in [-0.25, -0.2) is 4.98 Å². The monoisotopic (exact) mass is 256 g/mol. The first-order chi connectivity index (χ1) is 9.38. The van der Waals surface area contributed by atoms with Crippen LogP contribution in [0.5, 0.6) is 0 Å². The third-order valence-electron chi connectivity index (χ3n) is 4.28. The molecule has 19 heavy (non-hydrogen) atoms. The number of hydrogen-bond acceptors (Lipinski definition) is 3. The van der Waals surface area contributed by atoms with E-state index in [-0.39, 0.29) is 0 Å². The van der Waals surface area contributed by atoms with Crippen molar-refractivity contribution in [3.63, 3.8) is 0 Å². The summed E-state index contributed by atoms with van der Waals surface area (Å²) < 4.78 is 2.11. The Morgan fingerprint density at radius 1 is 1.32 bits per heavy atom. The molecule has 0 bridgehead atoms. The molecule has 4 nitrogen and oxygen atoms in total. The van der Waals surface area contributed by atoms with Crippen molar-refractivity contribution >= 4 is 5.65 Å². The molecule has 0 amide bonds. The molecule has 1 atom stereocenters. The Kier molecular flexibility index (Phi) is 2.78. The average Bonchev–Trinajstić information content (AvgIpc) is 3.20. The predicted octanol–water partition coefficient (Wildman–Crippen LogP) is 1.52. The molecule has 1 aliphatic carbocycles. The van der Waals surface area contributed by atoms with Crippen molar-refractivity contribution in [2.45, 2.75) is 25.4 Å². The zero-order valence-corrected chi connectivity index (χ0v) is 11.1. The predicted molar refractivity (Wildman–Crippen MR) is 75.0 cm³/mol. The van der Waals surface area contributed by atoms with E-state index in [1.54, 1.807) is 0 Å². The maximum atomic E-state index is 4.69. The molecule has 2 aromatic heterocycles. The van der Waals surface area contributed by atoms with Crippen molar-refractivity contribution in [2.24, 2.45) is 5.92 Å². The third kappa shape index (κ3) is 2.38. The quantitative estimate of drug-likeness (QED) is 0.903. The number of aromatic nitrogens is 2. The minimum atomic E-state index is 0.714. The highest BCUT2D eigenvalue weighted by Crippen LogP contribution is 2.33. The number of pyridine rings is 1. The minimum absolute atomic E-state index is 0.714. The Hall–Kier alpha value is -1.39. The second kappa shape index (κ2) is 4.62. The van der Waals surface area contributed by atoms with Gasteiger partial charge in [-0.1, -0.05) is 6.07 Å². The molecule has 4 rings (SSSR count). The van der Waals surface area contributed by atoms with Gasteiger partial charge in [-0.3, -0.25) is 4.90 Å².